The minimum atomic E-state index is 0.00177. The lowest BCUT2D eigenvalue weighted by Crippen LogP contribution is -2.62. The Hall–Kier alpha value is -2.80. The van der Waals surface area contributed by atoms with E-state index in [4.69, 9.17) is 10.8 Å². The van der Waals surface area contributed by atoms with Gasteiger partial charge in [-0.15, -0.1) is 0 Å². The van der Waals surface area contributed by atoms with Gasteiger partial charge in [-0.1, -0.05) is 0 Å². The van der Waals surface area contributed by atoms with Crippen molar-refractivity contribution in [3.8, 4) is 5.75 Å². The van der Waals surface area contributed by atoms with Gasteiger partial charge in [-0.3, -0.25) is 5.41 Å². The number of rotatable bonds is 4. The number of benzene rings is 1. The first-order valence-corrected chi connectivity index (χ1v) is 9.90. The zero-order valence-electron chi connectivity index (χ0n) is 17.9. The maximum absolute atomic E-state index is 10.3. The average Bonchev–Trinajstić information content (AvgIpc) is 2.62. The number of allylic oxidation sites excluding steroid dienone is 1. The molecule has 2 aliphatic heterocycles. The van der Waals surface area contributed by atoms with Gasteiger partial charge in [0.05, 0.1) is 17.1 Å². The van der Waals surface area contributed by atoms with E-state index in [1.807, 2.05) is 11.9 Å². The van der Waals surface area contributed by atoms with Crippen LogP contribution in [-0.2, 0) is 0 Å². The number of nitrogens with one attached hydrogen (secondary N) is 5. The Labute approximate surface area is 172 Å². The fraction of sp³-hybridized carbons (Fsp3) is 0.455. The Morgan fingerprint density at radius 2 is 1.59 bits per heavy atom. The Morgan fingerprint density at radius 3 is 2.17 bits per heavy atom. The number of fused-ring (bicyclic) bond motifs is 1. The third kappa shape index (κ3) is 4.79. The number of hydrogen-bond donors (Lipinski definition) is 6. The molecule has 1 saturated heterocycles. The van der Waals surface area contributed by atoms with Crippen LogP contribution in [0.1, 0.15) is 46.1 Å². The van der Waals surface area contributed by atoms with Crippen LogP contribution in [0.5, 0.6) is 5.75 Å². The standard InChI is InChI=1S/C22H32N6O/c1-21(2)12-14(13-22(3,4)27-21)28(5)20(24)7-6-16(23)15-10-17-18(11-19(15)29)26-9-8-25-17/h6-11,14,23-27,29H,12-13H2,1-5H3. The van der Waals surface area contributed by atoms with E-state index in [0.29, 0.717) is 11.4 Å². The van der Waals surface area contributed by atoms with Gasteiger partial charge in [-0.2, -0.15) is 0 Å². The number of phenolic OH excluding ortho intramolecular Hbond substituents is 1. The maximum atomic E-state index is 10.3. The monoisotopic (exact) mass is 396 g/mol. The second-order valence-corrected chi connectivity index (χ2v) is 9.23. The summed E-state index contributed by atoms with van der Waals surface area (Å²) in [5, 5.41) is 36.9. The molecule has 1 aromatic rings. The molecule has 7 nitrogen and oxygen atoms in total. The quantitative estimate of drug-likeness (QED) is 0.263. The first-order chi connectivity index (χ1) is 13.5. The number of likely N-dealkylation sites (N-methyl/N-ethyl adjacent to an activating group) is 1. The SMILES string of the molecule is CN(C(=N)C=CC(=N)c1cc2c(cc1O)NC=CN2)C1CC(C)(C)NC(C)(C)C1. The number of phenols is 1. The van der Waals surface area contributed by atoms with E-state index < -0.39 is 0 Å². The molecule has 0 radical (unpaired) electrons. The summed E-state index contributed by atoms with van der Waals surface area (Å²) in [6.07, 6.45) is 8.60. The van der Waals surface area contributed by atoms with Crippen LogP contribution in [0.2, 0.25) is 0 Å². The van der Waals surface area contributed by atoms with Crippen LogP contribution in [0, 0.1) is 10.8 Å². The van der Waals surface area contributed by atoms with Crippen LogP contribution in [0.3, 0.4) is 0 Å². The molecule has 1 fully saturated rings. The molecule has 0 saturated carbocycles. The minimum absolute atomic E-state index is 0.00177. The molecule has 3 rings (SSSR count). The van der Waals surface area contributed by atoms with E-state index >= 15 is 0 Å². The summed E-state index contributed by atoms with van der Waals surface area (Å²) in [7, 11) is 1.94. The Kier molecular flexibility index (Phi) is 5.45. The number of hydrogen-bond acceptors (Lipinski definition) is 6. The largest absolute Gasteiger partial charge is 0.507 e. The van der Waals surface area contributed by atoms with Crippen molar-refractivity contribution in [2.75, 3.05) is 17.7 Å². The van der Waals surface area contributed by atoms with E-state index in [2.05, 4.69) is 43.6 Å². The number of aromatic hydroxyl groups is 1. The van der Waals surface area contributed by atoms with E-state index in [9.17, 15) is 5.11 Å². The van der Waals surface area contributed by atoms with Gasteiger partial charge in [-0.05, 0) is 58.8 Å². The van der Waals surface area contributed by atoms with Crippen LogP contribution in [0.15, 0.2) is 36.7 Å². The number of nitrogens with zero attached hydrogens (tertiary/aromatic N) is 1. The highest BCUT2D eigenvalue weighted by Crippen LogP contribution is 2.33. The van der Waals surface area contributed by atoms with E-state index in [1.54, 1.807) is 36.7 Å². The molecule has 156 valence electrons. The Morgan fingerprint density at radius 1 is 1.03 bits per heavy atom. The van der Waals surface area contributed by atoms with E-state index in [1.165, 1.54) is 0 Å². The molecular formula is C22H32N6O. The summed E-state index contributed by atoms with van der Waals surface area (Å²) >= 11 is 0. The predicted octanol–water partition coefficient (Wildman–Crippen LogP) is 3.84. The van der Waals surface area contributed by atoms with Crippen molar-refractivity contribution in [2.45, 2.75) is 57.7 Å². The molecule has 0 spiro atoms. The lowest BCUT2D eigenvalue weighted by atomic mass is 9.79. The van der Waals surface area contributed by atoms with Crippen LogP contribution in [0.25, 0.3) is 0 Å². The van der Waals surface area contributed by atoms with E-state index in [-0.39, 0.29) is 28.6 Å². The highest BCUT2D eigenvalue weighted by molar-refractivity contribution is 6.12. The molecular weight excluding hydrogens is 364 g/mol. The number of anilines is 2. The molecule has 0 amide bonds. The van der Waals surface area contributed by atoms with Crippen LogP contribution in [-0.4, -0.2) is 45.7 Å². The normalized spacial score (nSPS) is 19.9. The van der Waals surface area contributed by atoms with Crippen molar-refractivity contribution in [2.24, 2.45) is 0 Å². The number of amidine groups is 1. The molecule has 2 heterocycles. The maximum Gasteiger partial charge on any atom is 0.127 e. The van der Waals surface area contributed by atoms with Gasteiger partial charge >= 0.3 is 0 Å². The van der Waals surface area contributed by atoms with Crippen molar-refractivity contribution in [1.82, 2.24) is 10.2 Å². The third-order valence-electron chi connectivity index (χ3n) is 5.49. The zero-order valence-corrected chi connectivity index (χ0v) is 17.9. The van der Waals surface area contributed by atoms with Crippen LogP contribution >= 0.6 is 0 Å². The highest BCUT2D eigenvalue weighted by Gasteiger charge is 2.39. The number of piperidine rings is 1. The average molecular weight is 397 g/mol. The molecule has 0 unspecified atom stereocenters. The van der Waals surface area contributed by atoms with Gasteiger partial charge < -0.3 is 31.4 Å². The molecule has 29 heavy (non-hydrogen) atoms. The van der Waals surface area contributed by atoms with E-state index in [0.717, 1.165) is 24.2 Å². The molecule has 0 bridgehead atoms. The predicted molar refractivity (Wildman–Crippen MR) is 120 cm³/mol. The second kappa shape index (κ2) is 7.55. The molecule has 7 heteroatoms. The summed E-state index contributed by atoms with van der Waals surface area (Å²) in [6.45, 7) is 8.78. The van der Waals surface area contributed by atoms with Crippen LogP contribution in [0.4, 0.5) is 11.4 Å². The van der Waals surface area contributed by atoms with Gasteiger partial charge in [0.2, 0.25) is 0 Å². The van der Waals surface area contributed by atoms with Crippen molar-refractivity contribution < 1.29 is 5.11 Å². The summed E-state index contributed by atoms with van der Waals surface area (Å²) in [5.41, 5.74) is 2.14. The summed E-state index contributed by atoms with van der Waals surface area (Å²) < 4.78 is 0. The van der Waals surface area contributed by atoms with Gasteiger partial charge in [0, 0.05) is 48.2 Å². The highest BCUT2D eigenvalue weighted by atomic mass is 16.3. The van der Waals surface area contributed by atoms with Crippen molar-refractivity contribution in [3.05, 3.63) is 42.2 Å². The first-order valence-electron chi connectivity index (χ1n) is 9.90. The van der Waals surface area contributed by atoms with Gasteiger partial charge in [0.25, 0.3) is 0 Å². The molecule has 1 aromatic carbocycles. The Balaban J connectivity index is 1.71. The first kappa shape index (κ1) is 20.9. The topological polar surface area (TPSA) is 107 Å². The lowest BCUT2D eigenvalue weighted by Gasteiger charge is -2.49. The van der Waals surface area contributed by atoms with Crippen molar-refractivity contribution >= 4 is 22.9 Å². The molecule has 6 N–H and O–H groups in total. The summed E-state index contributed by atoms with van der Waals surface area (Å²) in [5.74, 6) is 0.387. The van der Waals surface area contributed by atoms with Gasteiger partial charge in [0.15, 0.2) is 0 Å². The third-order valence-corrected chi connectivity index (χ3v) is 5.49. The van der Waals surface area contributed by atoms with Gasteiger partial charge in [-0.25, -0.2) is 0 Å². The summed E-state index contributed by atoms with van der Waals surface area (Å²) in [4.78, 5) is 1.98. The summed E-state index contributed by atoms with van der Waals surface area (Å²) in [6, 6.07) is 3.57. The zero-order chi connectivity index (χ0) is 21.4. The minimum Gasteiger partial charge on any atom is -0.507 e. The van der Waals surface area contributed by atoms with Crippen LogP contribution < -0.4 is 16.0 Å². The molecule has 0 aliphatic carbocycles. The smallest absolute Gasteiger partial charge is 0.127 e. The second-order valence-electron chi connectivity index (χ2n) is 9.23. The lowest BCUT2D eigenvalue weighted by molar-refractivity contribution is 0.114. The molecule has 0 atom stereocenters. The van der Waals surface area contributed by atoms with Gasteiger partial charge in [0.1, 0.15) is 11.6 Å². The fourth-order valence-electron chi connectivity index (χ4n) is 4.41. The fourth-order valence-corrected chi connectivity index (χ4v) is 4.41. The van der Waals surface area contributed by atoms with Crippen molar-refractivity contribution in [3.63, 3.8) is 0 Å². The molecule has 2 aliphatic rings. The Bertz CT molecular complexity index is 868. The molecule has 0 aromatic heterocycles. The van der Waals surface area contributed by atoms with Crippen molar-refractivity contribution in [1.29, 1.82) is 10.8 Å².